The van der Waals surface area contributed by atoms with Gasteiger partial charge in [-0.25, -0.2) is 4.98 Å². The first-order chi connectivity index (χ1) is 9.10. The second-order valence-corrected chi connectivity index (χ2v) is 4.85. The minimum Gasteiger partial charge on any atom is -0.437 e. The smallest absolute Gasteiger partial charge is 0.237 e. The van der Waals surface area contributed by atoms with Crippen LogP contribution in [0.15, 0.2) is 30.6 Å². The van der Waals surface area contributed by atoms with E-state index in [9.17, 15) is 0 Å². The first kappa shape index (κ1) is 13.5. The standard InChI is InChI=1S/C15H19N3O/c1-10(2)13-5-4-11(3)6-14(13)19-15-9-17-12(7-16)8-18-15/h4-6,8-10H,7,16H2,1-3H3. The fraction of sp³-hybridized carbons (Fsp3) is 0.333. The molecule has 1 aromatic heterocycles. The molecule has 0 aliphatic rings. The van der Waals surface area contributed by atoms with Gasteiger partial charge in [0.1, 0.15) is 5.75 Å². The summed E-state index contributed by atoms with van der Waals surface area (Å²) in [5.41, 5.74) is 8.56. The Bertz CT molecular complexity index is 550. The van der Waals surface area contributed by atoms with E-state index in [2.05, 4.69) is 35.9 Å². The van der Waals surface area contributed by atoms with Gasteiger partial charge in [0.05, 0.1) is 18.1 Å². The van der Waals surface area contributed by atoms with Crippen molar-refractivity contribution in [1.29, 1.82) is 0 Å². The third kappa shape index (κ3) is 3.29. The molecule has 0 aliphatic heterocycles. The predicted molar refractivity (Wildman–Crippen MR) is 75.3 cm³/mol. The van der Waals surface area contributed by atoms with Crippen LogP contribution in [0.25, 0.3) is 0 Å². The molecule has 0 atom stereocenters. The van der Waals surface area contributed by atoms with Gasteiger partial charge in [-0.2, -0.15) is 0 Å². The van der Waals surface area contributed by atoms with Gasteiger partial charge in [-0.15, -0.1) is 0 Å². The summed E-state index contributed by atoms with van der Waals surface area (Å²) in [6.45, 7) is 6.70. The zero-order valence-electron chi connectivity index (χ0n) is 11.6. The minimum atomic E-state index is 0.384. The molecule has 2 rings (SSSR count). The number of nitrogens with two attached hydrogens (primary N) is 1. The van der Waals surface area contributed by atoms with Crippen molar-refractivity contribution in [1.82, 2.24) is 9.97 Å². The van der Waals surface area contributed by atoms with Gasteiger partial charge in [0.25, 0.3) is 0 Å². The Balaban J connectivity index is 2.28. The molecule has 0 fully saturated rings. The van der Waals surface area contributed by atoms with Crippen LogP contribution < -0.4 is 10.5 Å². The lowest BCUT2D eigenvalue weighted by atomic mass is 10.0. The van der Waals surface area contributed by atoms with Gasteiger partial charge < -0.3 is 10.5 Å². The lowest BCUT2D eigenvalue weighted by molar-refractivity contribution is 0.450. The Morgan fingerprint density at radius 2 is 2.00 bits per heavy atom. The summed E-state index contributed by atoms with van der Waals surface area (Å²) in [4.78, 5) is 8.39. The molecule has 0 radical (unpaired) electrons. The fourth-order valence-corrected chi connectivity index (χ4v) is 1.82. The van der Waals surface area contributed by atoms with E-state index in [-0.39, 0.29) is 0 Å². The molecule has 0 saturated heterocycles. The van der Waals surface area contributed by atoms with Crippen LogP contribution >= 0.6 is 0 Å². The maximum atomic E-state index is 5.84. The van der Waals surface area contributed by atoms with E-state index in [4.69, 9.17) is 10.5 Å². The molecule has 2 N–H and O–H groups in total. The van der Waals surface area contributed by atoms with E-state index < -0.39 is 0 Å². The number of ether oxygens (including phenoxy) is 1. The van der Waals surface area contributed by atoms with E-state index >= 15 is 0 Å². The Morgan fingerprint density at radius 3 is 2.58 bits per heavy atom. The summed E-state index contributed by atoms with van der Waals surface area (Å²) in [7, 11) is 0. The fourth-order valence-electron chi connectivity index (χ4n) is 1.82. The highest BCUT2D eigenvalue weighted by atomic mass is 16.5. The van der Waals surface area contributed by atoms with Crippen LogP contribution in [0.2, 0.25) is 0 Å². The van der Waals surface area contributed by atoms with E-state index in [1.165, 1.54) is 0 Å². The zero-order chi connectivity index (χ0) is 13.8. The monoisotopic (exact) mass is 257 g/mol. The minimum absolute atomic E-state index is 0.384. The summed E-state index contributed by atoms with van der Waals surface area (Å²) >= 11 is 0. The number of benzene rings is 1. The van der Waals surface area contributed by atoms with Crippen molar-refractivity contribution in [2.24, 2.45) is 5.73 Å². The molecule has 0 saturated carbocycles. The summed E-state index contributed by atoms with van der Waals surface area (Å²) in [5.74, 6) is 1.72. The van der Waals surface area contributed by atoms with Crippen LogP contribution in [0.1, 0.15) is 36.6 Å². The number of rotatable bonds is 4. The number of nitrogens with zero attached hydrogens (tertiary/aromatic N) is 2. The van der Waals surface area contributed by atoms with E-state index in [0.29, 0.717) is 18.3 Å². The van der Waals surface area contributed by atoms with Gasteiger partial charge >= 0.3 is 0 Å². The number of aryl methyl sites for hydroxylation is 1. The average Bonchev–Trinajstić information content (AvgIpc) is 2.39. The maximum absolute atomic E-state index is 5.84. The summed E-state index contributed by atoms with van der Waals surface area (Å²) < 4.78 is 5.84. The molecule has 100 valence electrons. The molecule has 1 aromatic carbocycles. The Hall–Kier alpha value is -1.94. The van der Waals surface area contributed by atoms with Gasteiger partial charge in [0, 0.05) is 6.54 Å². The summed E-state index contributed by atoms with van der Waals surface area (Å²) in [6.07, 6.45) is 3.24. The van der Waals surface area contributed by atoms with Crippen LogP contribution in [0.4, 0.5) is 0 Å². The summed E-state index contributed by atoms with van der Waals surface area (Å²) in [6, 6.07) is 6.20. The highest BCUT2D eigenvalue weighted by Gasteiger charge is 2.09. The molecule has 0 bridgehead atoms. The van der Waals surface area contributed by atoms with Gasteiger partial charge in [-0.1, -0.05) is 26.0 Å². The van der Waals surface area contributed by atoms with Gasteiger partial charge in [0.15, 0.2) is 0 Å². The Morgan fingerprint density at radius 1 is 1.21 bits per heavy atom. The Kier molecular flexibility index (Phi) is 4.12. The second kappa shape index (κ2) is 5.80. The number of hydrogen-bond acceptors (Lipinski definition) is 4. The van der Waals surface area contributed by atoms with Crippen molar-refractivity contribution >= 4 is 0 Å². The average molecular weight is 257 g/mol. The lowest BCUT2D eigenvalue weighted by Crippen LogP contribution is -2.01. The molecular formula is C15H19N3O. The second-order valence-electron chi connectivity index (χ2n) is 4.85. The van der Waals surface area contributed by atoms with Gasteiger partial charge in [0.2, 0.25) is 5.88 Å². The van der Waals surface area contributed by atoms with Crippen molar-refractivity contribution in [3.63, 3.8) is 0 Å². The van der Waals surface area contributed by atoms with E-state index in [1.807, 2.05) is 13.0 Å². The molecule has 4 heteroatoms. The number of aromatic nitrogens is 2. The molecule has 1 heterocycles. The van der Waals surface area contributed by atoms with Crippen LogP contribution in [-0.2, 0) is 6.54 Å². The SMILES string of the molecule is Cc1ccc(C(C)C)c(Oc2cnc(CN)cn2)c1. The van der Waals surface area contributed by atoms with Crippen molar-refractivity contribution < 1.29 is 4.74 Å². The van der Waals surface area contributed by atoms with Crippen molar-refractivity contribution in [2.75, 3.05) is 0 Å². The molecular weight excluding hydrogens is 238 g/mol. The molecule has 19 heavy (non-hydrogen) atoms. The third-order valence-electron chi connectivity index (χ3n) is 2.90. The topological polar surface area (TPSA) is 61.0 Å². The van der Waals surface area contributed by atoms with Crippen LogP contribution in [-0.4, -0.2) is 9.97 Å². The first-order valence-electron chi connectivity index (χ1n) is 6.39. The van der Waals surface area contributed by atoms with E-state index in [0.717, 1.165) is 22.6 Å². The van der Waals surface area contributed by atoms with E-state index in [1.54, 1.807) is 12.4 Å². The molecule has 0 unspecified atom stereocenters. The van der Waals surface area contributed by atoms with Gasteiger partial charge in [-0.05, 0) is 30.0 Å². The third-order valence-corrected chi connectivity index (χ3v) is 2.90. The zero-order valence-corrected chi connectivity index (χ0v) is 11.6. The lowest BCUT2D eigenvalue weighted by Gasteiger charge is -2.13. The maximum Gasteiger partial charge on any atom is 0.237 e. The van der Waals surface area contributed by atoms with Crippen molar-refractivity contribution in [3.05, 3.63) is 47.4 Å². The molecule has 4 nitrogen and oxygen atoms in total. The van der Waals surface area contributed by atoms with Crippen molar-refractivity contribution in [3.8, 4) is 11.6 Å². The highest BCUT2D eigenvalue weighted by Crippen LogP contribution is 2.30. The summed E-state index contributed by atoms with van der Waals surface area (Å²) in [5, 5.41) is 0. The quantitative estimate of drug-likeness (QED) is 0.914. The normalized spacial score (nSPS) is 10.8. The molecule has 0 amide bonds. The number of hydrogen-bond donors (Lipinski definition) is 1. The van der Waals surface area contributed by atoms with Crippen LogP contribution in [0.5, 0.6) is 11.6 Å². The van der Waals surface area contributed by atoms with Crippen molar-refractivity contribution in [2.45, 2.75) is 33.2 Å². The molecule has 0 aliphatic carbocycles. The molecule has 2 aromatic rings. The Labute approximate surface area is 113 Å². The highest BCUT2D eigenvalue weighted by molar-refractivity contribution is 5.40. The predicted octanol–water partition coefficient (Wildman–Crippen LogP) is 3.16. The molecule has 0 spiro atoms. The van der Waals surface area contributed by atoms with Gasteiger partial charge in [-0.3, -0.25) is 4.98 Å². The largest absolute Gasteiger partial charge is 0.437 e. The van der Waals surface area contributed by atoms with Crippen LogP contribution in [0, 0.1) is 6.92 Å². The first-order valence-corrected chi connectivity index (χ1v) is 6.39. The van der Waals surface area contributed by atoms with Crippen LogP contribution in [0.3, 0.4) is 0 Å².